The highest BCUT2D eigenvalue weighted by Crippen LogP contribution is 2.47. The summed E-state index contributed by atoms with van der Waals surface area (Å²) in [6.07, 6.45) is 3.65. The van der Waals surface area contributed by atoms with Gasteiger partial charge in [0.2, 0.25) is 5.12 Å². The lowest BCUT2D eigenvalue weighted by Crippen LogP contribution is -2.65. The molecular weight excluding hydrogens is 569 g/mol. The Hall–Kier alpha value is -1.78. The molecule has 2 heterocycles. The largest absolute Gasteiger partial charge is 0.489 e. The number of aliphatic hydroxyl groups is 1. The quantitative estimate of drug-likeness (QED) is 0.299. The van der Waals surface area contributed by atoms with Gasteiger partial charge in [-0.2, -0.15) is 0 Å². The third kappa shape index (κ3) is 4.85. The summed E-state index contributed by atoms with van der Waals surface area (Å²) >= 11 is 20.3. The Labute approximate surface area is 239 Å². The molecule has 11 heteroatoms. The molecule has 2 aliphatic carbocycles. The number of nitrogens with zero attached hydrogens (tertiary/aromatic N) is 2. The summed E-state index contributed by atoms with van der Waals surface area (Å²) in [6.45, 7) is 1.16. The molecule has 200 valence electrons. The number of likely N-dealkylation sites (tertiary alicyclic amines) is 1. The minimum atomic E-state index is -1.03. The van der Waals surface area contributed by atoms with E-state index in [0.29, 0.717) is 62.7 Å². The lowest BCUT2D eigenvalue weighted by molar-refractivity contribution is -0.145. The van der Waals surface area contributed by atoms with Crippen LogP contribution in [-0.2, 0) is 17.0 Å². The molecule has 0 atom stereocenters. The van der Waals surface area contributed by atoms with Crippen LogP contribution in [0.25, 0.3) is 11.3 Å². The van der Waals surface area contributed by atoms with Crippen LogP contribution in [0.15, 0.2) is 40.9 Å². The number of nitrogens with two attached hydrogens (primary N) is 1. The van der Waals surface area contributed by atoms with Crippen molar-refractivity contribution in [1.82, 2.24) is 10.1 Å². The average molecular weight is 595 g/mol. The molecule has 0 spiro atoms. The van der Waals surface area contributed by atoms with Crippen molar-refractivity contribution in [2.24, 2.45) is 11.1 Å². The summed E-state index contributed by atoms with van der Waals surface area (Å²) in [4.78, 5) is 13.9. The van der Waals surface area contributed by atoms with Crippen LogP contribution in [0.2, 0.25) is 15.1 Å². The first-order valence-corrected chi connectivity index (χ1v) is 14.5. The summed E-state index contributed by atoms with van der Waals surface area (Å²) < 4.78 is 11.8. The van der Waals surface area contributed by atoms with E-state index in [4.69, 9.17) is 49.2 Å². The maximum absolute atomic E-state index is 11.7. The van der Waals surface area contributed by atoms with Crippen molar-refractivity contribution in [2.75, 3.05) is 13.1 Å². The average Bonchev–Trinajstić information content (AvgIpc) is 3.60. The monoisotopic (exact) mass is 593 g/mol. The van der Waals surface area contributed by atoms with Gasteiger partial charge in [0.25, 0.3) is 0 Å². The molecule has 0 bridgehead atoms. The van der Waals surface area contributed by atoms with E-state index in [1.807, 2.05) is 12.1 Å². The fraction of sp³-hybridized carbons (Fsp3) is 0.407. The lowest BCUT2D eigenvalue weighted by Gasteiger charge is -2.54. The van der Waals surface area contributed by atoms with E-state index in [9.17, 15) is 9.90 Å². The third-order valence-electron chi connectivity index (χ3n) is 7.80. The molecule has 6 rings (SSSR count). The van der Waals surface area contributed by atoms with Crippen LogP contribution in [0.5, 0.6) is 5.75 Å². The van der Waals surface area contributed by atoms with Gasteiger partial charge < -0.3 is 14.4 Å². The fourth-order valence-electron chi connectivity index (χ4n) is 5.40. The normalized spacial score (nSPS) is 22.6. The molecule has 0 amide bonds. The minimum absolute atomic E-state index is 0.0176. The maximum Gasteiger partial charge on any atom is 0.206 e. The molecule has 1 saturated heterocycles. The number of hydrogen-bond donors (Lipinski definition) is 2. The van der Waals surface area contributed by atoms with Crippen molar-refractivity contribution in [1.29, 1.82) is 0 Å². The molecular formula is C27H26Cl3N3O4S. The molecule has 3 N–H and O–H groups in total. The predicted molar refractivity (Wildman–Crippen MR) is 148 cm³/mol. The van der Waals surface area contributed by atoms with E-state index >= 15 is 0 Å². The summed E-state index contributed by atoms with van der Waals surface area (Å²) in [7, 11) is 0. The third-order valence-corrected chi connectivity index (χ3v) is 9.31. The van der Waals surface area contributed by atoms with Crippen molar-refractivity contribution < 1.29 is 19.2 Å². The Bertz CT molecular complexity index is 1360. The number of benzene rings is 2. The van der Waals surface area contributed by atoms with Gasteiger partial charge in [-0.05, 0) is 61.9 Å². The molecule has 2 aromatic carbocycles. The van der Waals surface area contributed by atoms with Gasteiger partial charge in [-0.3, -0.25) is 14.8 Å². The van der Waals surface area contributed by atoms with Crippen molar-refractivity contribution in [3.05, 3.63) is 68.4 Å². The van der Waals surface area contributed by atoms with E-state index in [0.717, 1.165) is 49.0 Å². The van der Waals surface area contributed by atoms with Gasteiger partial charge in [0.15, 0.2) is 0 Å². The molecule has 1 aromatic heterocycles. The van der Waals surface area contributed by atoms with Crippen LogP contribution in [0.3, 0.4) is 0 Å². The van der Waals surface area contributed by atoms with E-state index in [1.165, 1.54) is 0 Å². The second-order valence-electron chi connectivity index (χ2n) is 10.4. The standard InChI is InChI=1S/C27H26Cl3N3O4S/c28-20-2-1-3-21(29)23(20)24-18(25(37-32-24)14-4-5-14)11-36-17-6-7-19(22(30)10-17)27(35)12-33(13-27)16-8-15(9-16)26(34)38-31/h1-3,6-7,10,14-16,35H,4-5,8-9,11-13,31H2. The molecule has 1 aliphatic heterocycles. The Morgan fingerprint density at radius 3 is 2.50 bits per heavy atom. The summed E-state index contributed by atoms with van der Waals surface area (Å²) in [5.74, 6) is 1.70. The Balaban J connectivity index is 1.14. The maximum atomic E-state index is 11.7. The van der Waals surface area contributed by atoms with E-state index < -0.39 is 5.60 Å². The van der Waals surface area contributed by atoms with Gasteiger partial charge in [-0.25, -0.2) is 0 Å². The molecule has 3 aromatic rings. The van der Waals surface area contributed by atoms with Gasteiger partial charge >= 0.3 is 0 Å². The highest BCUT2D eigenvalue weighted by atomic mass is 35.5. The number of aromatic nitrogens is 1. The zero-order valence-electron chi connectivity index (χ0n) is 20.3. The van der Waals surface area contributed by atoms with Crippen LogP contribution >= 0.6 is 46.8 Å². The Kier molecular flexibility index (Phi) is 7.18. The Morgan fingerprint density at radius 1 is 1.16 bits per heavy atom. The first-order chi connectivity index (χ1) is 18.3. The van der Waals surface area contributed by atoms with E-state index in [2.05, 4.69) is 10.1 Å². The molecule has 2 saturated carbocycles. The predicted octanol–water partition coefficient (Wildman–Crippen LogP) is 6.17. The highest BCUT2D eigenvalue weighted by Gasteiger charge is 2.50. The van der Waals surface area contributed by atoms with Crippen molar-refractivity contribution in [2.45, 2.75) is 49.9 Å². The smallest absolute Gasteiger partial charge is 0.206 e. The number of β-amino-alcohol motifs (C(OH)–C–C–N with tert-alkyl or cyclic N) is 1. The van der Waals surface area contributed by atoms with Crippen LogP contribution in [0.4, 0.5) is 0 Å². The topological polar surface area (TPSA) is 102 Å². The summed E-state index contributed by atoms with van der Waals surface area (Å²) in [6, 6.07) is 11.0. The molecule has 7 nitrogen and oxygen atoms in total. The number of carbonyl (C=O) groups excluding carboxylic acids is 1. The van der Waals surface area contributed by atoms with Gasteiger partial charge in [0, 0.05) is 42.1 Å². The number of carbonyl (C=O) groups is 1. The number of ether oxygens (including phenoxy) is 1. The van der Waals surface area contributed by atoms with Crippen LogP contribution < -0.4 is 9.88 Å². The van der Waals surface area contributed by atoms with Gasteiger partial charge in [0.05, 0.1) is 20.6 Å². The SMILES string of the molecule is NSC(=O)C1CC(N2CC(O)(c3ccc(OCc4c(-c5c(Cl)cccc5Cl)noc4C4CC4)cc3Cl)C2)C1. The van der Waals surface area contributed by atoms with Crippen molar-refractivity contribution >= 4 is 51.9 Å². The van der Waals surface area contributed by atoms with Gasteiger partial charge in [0.1, 0.15) is 29.4 Å². The molecule has 38 heavy (non-hydrogen) atoms. The first kappa shape index (κ1) is 26.4. The molecule has 0 radical (unpaired) electrons. The lowest BCUT2D eigenvalue weighted by atomic mass is 9.75. The first-order valence-electron chi connectivity index (χ1n) is 12.5. The number of rotatable bonds is 8. The summed E-state index contributed by atoms with van der Waals surface area (Å²) in [5.41, 5.74) is 1.66. The summed E-state index contributed by atoms with van der Waals surface area (Å²) in [5, 5.41) is 22.4. The zero-order chi connectivity index (χ0) is 26.6. The zero-order valence-corrected chi connectivity index (χ0v) is 23.4. The molecule has 3 fully saturated rings. The van der Waals surface area contributed by atoms with Gasteiger partial charge in [-0.1, -0.05) is 52.1 Å². The number of halogens is 3. The highest BCUT2D eigenvalue weighted by molar-refractivity contribution is 8.11. The second-order valence-corrected chi connectivity index (χ2v) is 12.2. The fourth-order valence-corrected chi connectivity index (χ4v) is 6.70. The second kappa shape index (κ2) is 10.3. The van der Waals surface area contributed by atoms with Crippen LogP contribution in [0.1, 0.15) is 48.5 Å². The van der Waals surface area contributed by atoms with Gasteiger partial charge in [-0.15, -0.1) is 0 Å². The van der Waals surface area contributed by atoms with Crippen molar-refractivity contribution in [3.8, 4) is 17.0 Å². The number of hydrogen-bond acceptors (Lipinski definition) is 8. The van der Waals surface area contributed by atoms with Crippen LogP contribution in [0, 0.1) is 5.92 Å². The van der Waals surface area contributed by atoms with E-state index in [1.54, 1.807) is 24.3 Å². The Morgan fingerprint density at radius 2 is 1.87 bits per heavy atom. The van der Waals surface area contributed by atoms with Crippen LogP contribution in [-0.4, -0.2) is 39.4 Å². The van der Waals surface area contributed by atoms with E-state index in [-0.39, 0.29) is 17.6 Å². The minimum Gasteiger partial charge on any atom is -0.489 e. The molecule has 3 aliphatic rings. The molecule has 0 unspecified atom stereocenters. The van der Waals surface area contributed by atoms with Crippen molar-refractivity contribution in [3.63, 3.8) is 0 Å².